The molecule has 2 aliphatic rings. The predicted molar refractivity (Wildman–Crippen MR) is 118 cm³/mol. The van der Waals surface area contributed by atoms with Crippen LogP contribution in [0.5, 0.6) is 11.5 Å². The van der Waals surface area contributed by atoms with E-state index in [1.807, 2.05) is 59.5 Å². The van der Waals surface area contributed by atoms with Crippen LogP contribution in [0.4, 0.5) is 0 Å². The van der Waals surface area contributed by atoms with Crippen LogP contribution in [0, 0.1) is 0 Å². The molecule has 1 fully saturated rings. The van der Waals surface area contributed by atoms with Crippen LogP contribution in [0.25, 0.3) is 0 Å². The Balaban J connectivity index is 1.46. The SMILES string of the molecule is CC1(C)OB(C2=CCN(C(=O)c3ccccc3Oc3ccccc3)CC2)OC1(C)C. The maximum absolute atomic E-state index is 13.2. The second-order valence-electron chi connectivity index (χ2n) is 8.78. The Hall–Kier alpha value is -2.57. The first-order valence-electron chi connectivity index (χ1n) is 10.4. The standard InChI is InChI=1S/C24H28BNO4/c1-23(2)24(3,4)30-25(29-23)18-14-16-26(17-15-18)22(27)20-12-8-9-13-21(20)28-19-10-6-5-7-11-19/h5-14H,15-17H2,1-4H3. The highest BCUT2D eigenvalue weighted by molar-refractivity contribution is 6.54. The number of benzene rings is 2. The van der Waals surface area contributed by atoms with Gasteiger partial charge < -0.3 is 18.9 Å². The van der Waals surface area contributed by atoms with Gasteiger partial charge in [0.1, 0.15) is 11.5 Å². The van der Waals surface area contributed by atoms with E-state index in [9.17, 15) is 4.79 Å². The van der Waals surface area contributed by atoms with Crippen molar-refractivity contribution in [3.8, 4) is 11.5 Å². The molecule has 1 saturated heterocycles. The highest BCUT2D eigenvalue weighted by atomic mass is 16.7. The molecule has 2 aromatic carbocycles. The number of rotatable bonds is 4. The molecule has 0 atom stereocenters. The fraction of sp³-hybridized carbons (Fsp3) is 0.375. The summed E-state index contributed by atoms with van der Waals surface area (Å²) in [4.78, 5) is 15.0. The van der Waals surface area contributed by atoms with Crippen molar-refractivity contribution in [2.45, 2.75) is 45.3 Å². The first-order chi connectivity index (χ1) is 14.3. The number of para-hydroxylation sites is 2. The summed E-state index contributed by atoms with van der Waals surface area (Å²) in [7, 11) is -0.346. The van der Waals surface area contributed by atoms with Gasteiger partial charge in [0, 0.05) is 13.1 Å². The molecule has 4 rings (SSSR count). The van der Waals surface area contributed by atoms with E-state index < -0.39 is 0 Å². The monoisotopic (exact) mass is 405 g/mol. The molecular weight excluding hydrogens is 377 g/mol. The fourth-order valence-electron chi connectivity index (χ4n) is 3.60. The van der Waals surface area contributed by atoms with Crippen LogP contribution in [-0.2, 0) is 9.31 Å². The molecule has 1 amide bonds. The van der Waals surface area contributed by atoms with Gasteiger partial charge in [0.25, 0.3) is 5.91 Å². The molecule has 2 heterocycles. The molecule has 0 radical (unpaired) electrons. The Morgan fingerprint density at radius 1 is 0.967 bits per heavy atom. The maximum Gasteiger partial charge on any atom is 0.490 e. The van der Waals surface area contributed by atoms with Gasteiger partial charge in [-0.2, -0.15) is 0 Å². The number of hydrogen-bond acceptors (Lipinski definition) is 4. The van der Waals surface area contributed by atoms with E-state index in [0.717, 1.165) is 11.9 Å². The van der Waals surface area contributed by atoms with Crippen molar-refractivity contribution in [3.05, 3.63) is 71.7 Å². The lowest BCUT2D eigenvalue weighted by Crippen LogP contribution is -2.41. The van der Waals surface area contributed by atoms with Crippen LogP contribution >= 0.6 is 0 Å². The smallest absolute Gasteiger partial charge is 0.457 e. The molecule has 0 N–H and O–H groups in total. The molecule has 0 aliphatic carbocycles. The van der Waals surface area contributed by atoms with Crippen LogP contribution in [-0.4, -0.2) is 42.2 Å². The molecular formula is C24H28BNO4. The molecule has 5 nitrogen and oxygen atoms in total. The lowest BCUT2D eigenvalue weighted by atomic mass is 9.74. The quantitative estimate of drug-likeness (QED) is 0.681. The number of amides is 1. The van der Waals surface area contributed by atoms with Crippen LogP contribution in [0.1, 0.15) is 44.5 Å². The van der Waals surface area contributed by atoms with Crippen LogP contribution < -0.4 is 4.74 Å². The predicted octanol–water partition coefficient (Wildman–Crippen LogP) is 4.88. The molecule has 0 unspecified atom stereocenters. The first-order valence-corrected chi connectivity index (χ1v) is 10.4. The number of ether oxygens (including phenoxy) is 1. The molecule has 0 bridgehead atoms. The number of nitrogens with zero attached hydrogens (tertiary/aromatic N) is 1. The Kier molecular flexibility index (Phi) is 5.47. The van der Waals surface area contributed by atoms with Gasteiger partial charge in [-0.25, -0.2) is 0 Å². The van der Waals surface area contributed by atoms with Gasteiger partial charge in [-0.15, -0.1) is 0 Å². The summed E-state index contributed by atoms with van der Waals surface area (Å²) in [6, 6.07) is 16.9. The van der Waals surface area contributed by atoms with E-state index >= 15 is 0 Å². The molecule has 0 spiro atoms. The topological polar surface area (TPSA) is 48.0 Å². The largest absolute Gasteiger partial charge is 0.490 e. The van der Waals surface area contributed by atoms with Gasteiger partial charge in [-0.3, -0.25) is 4.79 Å². The van der Waals surface area contributed by atoms with Crippen LogP contribution in [0.3, 0.4) is 0 Å². The molecule has 2 aromatic rings. The van der Waals surface area contributed by atoms with Gasteiger partial charge in [-0.1, -0.05) is 36.4 Å². The molecule has 0 aromatic heterocycles. The van der Waals surface area contributed by atoms with Crippen molar-refractivity contribution in [2.24, 2.45) is 0 Å². The Labute approximate surface area is 178 Å². The second kappa shape index (κ2) is 7.93. The van der Waals surface area contributed by atoms with Gasteiger partial charge in [0.15, 0.2) is 0 Å². The third kappa shape index (κ3) is 4.02. The van der Waals surface area contributed by atoms with Crippen molar-refractivity contribution >= 4 is 13.0 Å². The van der Waals surface area contributed by atoms with E-state index in [4.69, 9.17) is 14.0 Å². The minimum absolute atomic E-state index is 0.0363. The zero-order valence-corrected chi connectivity index (χ0v) is 18.1. The third-order valence-electron chi connectivity index (χ3n) is 6.18. The summed E-state index contributed by atoms with van der Waals surface area (Å²) in [6.45, 7) is 9.35. The average molecular weight is 405 g/mol. The van der Waals surface area contributed by atoms with Crippen LogP contribution in [0.15, 0.2) is 66.1 Å². The van der Waals surface area contributed by atoms with Gasteiger partial charge >= 0.3 is 7.12 Å². The first kappa shape index (κ1) is 20.7. The van der Waals surface area contributed by atoms with Crippen molar-refractivity contribution in [1.29, 1.82) is 0 Å². The van der Waals surface area contributed by atoms with Gasteiger partial charge in [0.2, 0.25) is 0 Å². The van der Waals surface area contributed by atoms with Gasteiger partial charge in [0.05, 0.1) is 16.8 Å². The minimum atomic E-state index is -0.362. The molecule has 0 saturated carbocycles. The van der Waals surface area contributed by atoms with Crippen molar-refractivity contribution in [1.82, 2.24) is 4.90 Å². The zero-order chi connectivity index (χ0) is 21.4. The maximum atomic E-state index is 13.2. The van der Waals surface area contributed by atoms with Crippen molar-refractivity contribution < 1.29 is 18.8 Å². The summed E-state index contributed by atoms with van der Waals surface area (Å²) < 4.78 is 18.3. The van der Waals surface area contributed by atoms with E-state index in [-0.39, 0.29) is 24.2 Å². The Morgan fingerprint density at radius 2 is 1.60 bits per heavy atom. The van der Waals surface area contributed by atoms with E-state index in [0.29, 0.717) is 30.2 Å². The molecule has 156 valence electrons. The summed E-state index contributed by atoms with van der Waals surface area (Å²) in [5.41, 5.74) is 0.943. The fourth-order valence-corrected chi connectivity index (χ4v) is 3.60. The summed E-state index contributed by atoms with van der Waals surface area (Å²) >= 11 is 0. The molecule has 2 aliphatic heterocycles. The normalized spacial score (nSPS) is 20.1. The average Bonchev–Trinajstić information content (AvgIpc) is 2.96. The Bertz CT molecular complexity index is 939. The Morgan fingerprint density at radius 3 is 2.23 bits per heavy atom. The summed E-state index contributed by atoms with van der Waals surface area (Å²) in [5.74, 6) is 1.24. The summed E-state index contributed by atoms with van der Waals surface area (Å²) in [5, 5.41) is 0. The highest BCUT2D eigenvalue weighted by Crippen LogP contribution is 2.39. The number of hydrogen-bond donors (Lipinski definition) is 0. The minimum Gasteiger partial charge on any atom is -0.457 e. The zero-order valence-electron chi connectivity index (χ0n) is 18.1. The lowest BCUT2D eigenvalue weighted by molar-refractivity contribution is 0.00578. The lowest BCUT2D eigenvalue weighted by Gasteiger charge is -2.32. The number of carbonyl (C=O) groups is 1. The molecule has 6 heteroatoms. The van der Waals surface area contributed by atoms with Gasteiger partial charge in [-0.05, 0) is 63.9 Å². The van der Waals surface area contributed by atoms with E-state index in [1.165, 1.54) is 0 Å². The third-order valence-corrected chi connectivity index (χ3v) is 6.18. The van der Waals surface area contributed by atoms with Crippen molar-refractivity contribution in [2.75, 3.05) is 13.1 Å². The van der Waals surface area contributed by atoms with E-state index in [2.05, 4.69) is 33.8 Å². The molecule has 30 heavy (non-hydrogen) atoms. The van der Waals surface area contributed by atoms with E-state index in [1.54, 1.807) is 0 Å². The number of carbonyl (C=O) groups excluding carboxylic acids is 1. The summed E-state index contributed by atoms with van der Waals surface area (Å²) in [6.07, 6.45) is 2.79. The second-order valence-corrected chi connectivity index (χ2v) is 8.78. The van der Waals surface area contributed by atoms with Crippen molar-refractivity contribution in [3.63, 3.8) is 0 Å². The van der Waals surface area contributed by atoms with Crippen LogP contribution in [0.2, 0.25) is 0 Å². The highest BCUT2D eigenvalue weighted by Gasteiger charge is 2.52.